The van der Waals surface area contributed by atoms with Crippen molar-refractivity contribution in [3.63, 3.8) is 0 Å². The van der Waals surface area contributed by atoms with E-state index in [9.17, 15) is 14.9 Å². The van der Waals surface area contributed by atoms with Gasteiger partial charge in [0.25, 0.3) is 5.91 Å². The summed E-state index contributed by atoms with van der Waals surface area (Å²) in [6, 6.07) is -0.357. The maximum absolute atomic E-state index is 12.1. The molecule has 1 unspecified atom stereocenters. The van der Waals surface area contributed by atoms with Crippen LogP contribution in [0.2, 0.25) is 0 Å². The van der Waals surface area contributed by atoms with E-state index in [4.69, 9.17) is 12.2 Å². The van der Waals surface area contributed by atoms with Crippen molar-refractivity contribution >= 4 is 28.9 Å². The van der Waals surface area contributed by atoms with E-state index in [0.717, 1.165) is 12.8 Å². The van der Waals surface area contributed by atoms with Crippen LogP contribution in [0.3, 0.4) is 0 Å². The van der Waals surface area contributed by atoms with Crippen LogP contribution >= 0.6 is 12.2 Å². The third-order valence-electron chi connectivity index (χ3n) is 3.85. The highest BCUT2D eigenvalue weighted by Crippen LogP contribution is 2.18. The van der Waals surface area contributed by atoms with Gasteiger partial charge in [-0.15, -0.1) is 0 Å². The molecule has 1 amide bonds. The summed E-state index contributed by atoms with van der Waals surface area (Å²) in [5, 5.41) is 18.3. The van der Waals surface area contributed by atoms with Gasteiger partial charge in [0.05, 0.1) is 4.92 Å². The number of aromatic nitrogens is 2. The summed E-state index contributed by atoms with van der Waals surface area (Å²) >= 11 is 5.12. The number of hydrogen-bond acceptors (Lipinski definition) is 5. The van der Waals surface area contributed by atoms with Crippen LogP contribution in [0, 0.1) is 17.0 Å². The lowest BCUT2D eigenvalue weighted by atomic mass is 10.3. The van der Waals surface area contributed by atoms with Gasteiger partial charge in [0.15, 0.2) is 5.11 Å². The monoisotopic (exact) mass is 340 g/mol. The summed E-state index contributed by atoms with van der Waals surface area (Å²) in [7, 11) is 0. The van der Waals surface area contributed by atoms with Crippen molar-refractivity contribution in [3.05, 3.63) is 22.0 Å². The van der Waals surface area contributed by atoms with Gasteiger partial charge in [-0.2, -0.15) is 5.10 Å². The molecular formula is C13H20N6O3S. The summed E-state index contributed by atoms with van der Waals surface area (Å²) in [6.45, 7) is 3.12. The number of rotatable bonds is 4. The van der Waals surface area contributed by atoms with E-state index in [0.29, 0.717) is 11.2 Å². The average molecular weight is 340 g/mol. The normalized spacial score (nSPS) is 15.9. The fourth-order valence-corrected chi connectivity index (χ4v) is 2.70. The van der Waals surface area contributed by atoms with Gasteiger partial charge in [-0.1, -0.05) is 12.8 Å². The summed E-state index contributed by atoms with van der Waals surface area (Å²) < 4.78 is 1.26. The van der Waals surface area contributed by atoms with Gasteiger partial charge in [0.2, 0.25) is 0 Å². The Balaban J connectivity index is 1.85. The van der Waals surface area contributed by atoms with Crippen LogP contribution in [0.5, 0.6) is 0 Å². The number of amides is 1. The molecule has 3 N–H and O–H groups in total. The van der Waals surface area contributed by atoms with Gasteiger partial charge >= 0.3 is 5.69 Å². The maximum Gasteiger partial charge on any atom is 0.309 e. The Bertz CT molecular complexity index is 611. The number of carbonyl (C=O) groups excluding carboxylic acids is 1. The molecule has 1 saturated carbocycles. The second-order valence-electron chi connectivity index (χ2n) is 5.58. The minimum absolute atomic E-state index is 0.115. The molecule has 0 radical (unpaired) electrons. The molecular weight excluding hydrogens is 320 g/mol. The van der Waals surface area contributed by atoms with Gasteiger partial charge in [0.1, 0.15) is 17.9 Å². The van der Waals surface area contributed by atoms with Crippen molar-refractivity contribution in [2.45, 2.75) is 51.6 Å². The lowest BCUT2D eigenvalue weighted by Crippen LogP contribution is -2.50. The molecule has 10 heteroatoms. The molecule has 0 aromatic carbocycles. The second kappa shape index (κ2) is 7.36. The standard InChI is InChI=1S/C13H20N6O3S/c1-8-11(19(21)22)7-18(17-8)9(2)12(20)15-16-13(23)14-10-5-3-4-6-10/h7,9-10H,3-6H2,1-2H3,(H,15,20)(H2,14,16,23). The van der Waals surface area contributed by atoms with Crippen LogP contribution in [-0.2, 0) is 4.79 Å². The molecule has 1 aliphatic rings. The molecule has 1 aromatic heterocycles. The van der Waals surface area contributed by atoms with Crippen molar-refractivity contribution in [1.29, 1.82) is 0 Å². The summed E-state index contributed by atoms with van der Waals surface area (Å²) in [5.74, 6) is -0.391. The molecule has 1 heterocycles. The maximum atomic E-state index is 12.1. The third kappa shape index (κ3) is 4.38. The molecule has 1 fully saturated rings. The number of thiocarbonyl (C=S) groups is 1. The van der Waals surface area contributed by atoms with Gasteiger partial charge in [0, 0.05) is 6.04 Å². The first-order valence-electron chi connectivity index (χ1n) is 7.45. The van der Waals surface area contributed by atoms with E-state index in [-0.39, 0.29) is 11.4 Å². The van der Waals surface area contributed by atoms with Gasteiger partial charge in [-0.25, -0.2) is 0 Å². The van der Waals surface area contributed by atoms with Gasteiger partial charge < -0.3 is 5.32 Å². The van der Waals surface area contributed by atoms with Crippen LogP contribution < -0.4 is 16.2 Å². The molecule has 1 aliphatic carbocycles. The van der Waals surface area contributed by atoms with Crippen LogP contribution in [0.25, 0.3) is 0 Å². The zero-order valence-electron chi connectivity index (χ0n) is 13.0. The lowest BCUT2D eigenvalue weighted by Gasteiger charge is -2.17. The van der Waals surface area contributed by atoms with E-state index in [1.54, 1.807) is 6.92 Å². The van der Waals surface area contributed by atoms with Crippen molar-refractivity contribution in [2.24, 2.45) is 0 Å². The molecule has 126 valence electrons. The first-order valence-corrected chi connectivity index (χ1v) is 7.86. The van der Waals surface area contributed by atoms with E-state index >= 15 is 0 Å². The third-order valence-corrected chi connectivity index (χ3v) is 4.07. The second-order valence-corrected chi connectivity index (χ2v) is 5.99. The van der Waals surface area contributed by atoms with Crippen molar-refractivity contribution in [1.82, 2.24) is 25.9 Å². The first kappa shape index (κ1) is 17.1. The Labute approximate surface area is 138 Å². The SMILES string of the molecule is Cc1nn(C(C)C(=O)NNC(=S)NC2CCCC2)cc1[N+](=O)[O-]. The molecule has 0 saturated heterocycles. The zero-order chi connectivity index (χ0) is 17.0. The zero-order valence-corrected chi connectivity index (χ0v) is 13.9. The quantitative estimate of drug-likeness (QED) is 0.427. The fourth-order valence-electron chi connectivity index (χ4n) is 2.48. The summed E-state index contributed by atoms with van der Waals surface area (Å²) in [5.41, 5.74) is 5.29. The van der Waals surface area contributed by atoms with E-state index < -0.39 is 16.9 Å². The molecule has 0 aliphatic heterocycles. The van der Waals surface area contributed by atoms with Gasteiger partial charge in [-0.3, -0.25) is 30.4 Å². The number of nitrogens with one attached hydrogen (secondary N) is 3. The molecule has 23 heavy (non-hydrogen) atoms. The number of hydrogen-bond donors (Lipinski definition) is 3. The predicted molar refractivity (Wildman–Crippen MR) is 87.6 cm³/mol. The Morgan fingerprint density at radius 2 is 2.13 bits per heavy atom. The molecule has 9 nitrogen and oxygen atoms in total. The minimum atomic E-state index is -0.704. The smallest absolute Gasteiger partial charge is 0.309 e. The number of aryl methyl sites for hydroxylation is 1. The molecule has 0 spiro atoms. The van der Waals surface area contributed by atoms with Crippen LogP contribution in [0.1, 0.15) is 44.3 Å². The summed E-state index contributed by atoms with van der Waals surface area (Å²) in [4.78, 5) is 22.4. The Morgan fingerprint density at radius 3 is 2.70 bits per heavy atom. The van der Waals surface area contributed by atoms with Crippen LogP contribution in [0.4, 0.5) is 5.69 Å². The van der Waals surface area contributed by atoms with Crippen molar-refractivity contribution in [2.75, 3.05) is 0 Å². The lowest BCUT2D eigenvalue weighted by molar-refractivity contribution is -0.385. The topological polar surface area (TPSA) is 114 Å². The molecule has 1 atom stereocenters. The van der Waals surface area contributed by atoms with Crippen molar-refractivity contribution < 1.29 is 9.72 Å². The number of hydrazine groups is 1. The molecule has 0 bridgehead atoms. The van der Waals surface area contributed by atoms with E-state index in [1.807, 2.05) is 0 Å². The molecule has 1 aromatic rings. The summed E-state index contributed by atoms with van der Waals surface area (Å²) in [6.07, 6.45) is 5.75. The fraction of sp³-hybridized carbons (Fsp3) is 0.615. The largest absolute Gasteiger partial charge is 0.359 e. The Hall–Kier alpha value is -2.23. The Kier molecular flexibility index (Phi) is 5.48. The average Bonchev–Trinajstić information content (AvgIpc) is 3.13. The van der Waals surface area contributed by atoms with Crippen LogP contribution in [-0.4, -0.2) is 31.8 Å². The Morgan fingerprint density at radius 1 is 1.48 bits per heavy atom. The van der Waals surface area contributed by atoms with Crippen LogP contribution in [0.15, 0.2) is 6.20 Å². The highest BCUT2D eigenvalue weighted by Gasteiger charge is 2.22. The molecule has 2 rings (SSSR count). The highest BCUT2D eigenvalue weighted by atomic mass is 32.1. The predicted octanol–water partition coefficient (Wildman–Crippen LogP) is 1.10. The number of nitro groups is 1. The van der Waals surface area contributed by atoms with E-state index in [1.165, 1.54) is 30.6 Å². The number of carbonyl (C=O) groups is 1. The van der Waals surface area contributed by atoms with E-state index in [2.05, 4.69) is 21.3 Å². The minimum Gasteiger partial charge on any atom is -0.359 e. The van der Waals surface area contributed by atoms with Crippen molar-refractivity contribution in [3.8, 4) is 0 Å². The number of nitrogens with zero attached hydrogens (tertiary/aromatic N) is 3. The first-order chi connectivity index (χ1) is 10.9. The van der Waals surface area contributed by atoms with Gasteiger partial charge in [-0.05, 0) is 38.9 Å². The highest BCUT2D eigenvalue weighted by molar-refractivity contribution is 7.80.